The number of H-pyrrole nitrogens is 1. The van der Waals surface area contributed by atoms with E-state index >= 15 is 0 Å². The fourth-order valence-electron chi connectivity index (χ4n) is 1.10. The molecule has 3 nitrogen and oxygen atoms in total. The number of rotatable bonds is 2. The van der Waals surface area contributed by atoms with Crippen LogP contribution in [0.5, 0.6) is 5.88 Å². The van der Waals surface area contributed by atoms with Gasteiger partial charge < -0.3 is 9.72 Å². The third-order valence-electron chi connectivity index (χ3n) is 1.77. The molecule has 0 saturated carbocycles. The number of methoxy groups -OCH3 is 1. The molecule has 0 spiro atoms. The van der Waals surface area contributed by atoms with Crippen molar-refractivity contribution in [2.45, 2.75) is 12.6 Å². The Labute approximate surface area is 85.8 Å². The third kappa shape index (κ3) is 2.31. The molecule has 16 heavy (non-hydrogen) atoms. The molecule has 1 N–H and O–H groups in total. The van der Waals surface area contributed by atoms with Gasteiger partial charge in [-0.1, -0.05) is 0 Å². The Hall–Kier alpha value is -1.60. The molecule has 0 amide bonds. The standard InChI is InChI=1S/C8H6F5NO2/c1-16-4-2-3(15)5(7(9)10)6(14-4)8(11,12)13/h2,7H,1H3,(H,14,15). The largest absolute Gasteiger partial charge is 0.482 e. The SMILES string of the molecule is COc1cc(=O)c(C(F)F)c(C(F)(F)F)[nH]1. The lowest BCUT2D eigenvalue weighted by atomic mass is 10.2. The first-order chi connectivity index (χ1) is 7.27. The van der Waals surface area contributed by atoms with Gasteiger partial charge in [0.15, 0.2) is 11.3 Å². The van der Waals surface area contributed by atoms with Crippen molar-refractivity contribution in [3.05, 3.63) is 27.5 Å². The molecular formula is C8H6F5NO2. The molecule has 1 heterocycles. The van der Waals surface area contributed by atoms with Crippen LogP contribution >= 0.6 is 0 Å². The lowest BCUT2D eigenvalue weighted by Gasteiger charge is -2.12. The Bertz CT molecular complexity index is 437. The van der Waals surface area contributed by atoms with E-state index in [1.54, 1.807) is 4.98 Å². The maximum Gasteiger partial charge on any atom is 0.431 e. The van der Waals surface area contributed by atoms with Crippen molar-refractivity contribution in [3.8, 4) is 5.88 Å². The molecule has 0 bridgehead atoms. The van der Waals surface area contributed by atoms with Gasteiger partial charge >= 0.3 is 6.18 Å². The number of hydrogen-bond acceptors (Lipinski definition) is 2. The van der Waals surface area contributed by atoms with E-state index in [4.69, 9.17) is 0 Å². The lowest BCUT2D eigenvalue weighted by Crippen LogP contribution is -2.21. The fraction of sp³-hybridized carbons (Fsp3) is 0.375. The summed E-state index contributed by atoms with van der Waals surface area (Å²) in [5.41, 5.74) is -4.81. The summed E-state index contributed by atoms with van der Waals surface area (Å²) in [4.78, 5) is 12.6. The van der Waals surface area contributed by atoms with Crippen LogP contribution in [0, 0.1) is 0 Å². The summed E-state index contributed by atoms with van der Waals surface area (Å²) >= 11 is 0. The van der Waals surface area contributed by atoms with Crippen LogP contribution in [0.15, 0.2) is 10.9 Å². The molecule has 0 aromatic carbocycles. The Kier molecular flexibility index (Phi) is 3.20. The topological polar surface area (TPSA) is 42.1 Å². The van der Waals surface area contributed by atoms with Crippen molar-refractivity contribution >= 4 is 0 Å². The Morgan fingerprint density at radius 2 is 1.94 bits per heavy atom. The molecule has 0 aliphatic rings. The number of pyridine rings is 1. The first-order valence-electron chi connectivity index (χ1n) is 3.94. The summed E-state index contributed by atoms with van der Waals surface area (Å²) in [7, 11) is 1.01. The first kappa shape index (κ1) is 12.5. The highest BCUT2D eigenvalue weighted by molar-refractivity contribution is 5.29. The van der Waals surface area contributed by atoms with Gasteiger partial charge in [0.2, 0.25) is 0 Å². The second-order valence-corrected chi connectivity index (χ2v) is 2.79. The van der Waals surface area contributed by atoms with E-state index < -0.39 is 35.2 Å². The molecule has 0 unspecified atom stereocenters. The minimum absolute atomic E-state index is 0.526. The molecule has 0 radical (unpaired) electrons. The zero-order valence-electron chi connectivity index (χ0n) is 7.86. The van der Waals surface area contributed by atoms with Gasteiger partial charge in [0.25, 0.3) is 6.43 Å². The molecule has 1 aromatic heterocycles. The van der Waals surface area contributed by atoms with Gasteiger partial charge in [0.05, 0.1) is 12.7 Å². The molecule has 8 heteroatoms. The van der Waals surface area contributed by atoms with Crippen LogP contribution in [0.2, 0.25) is 0 Å². The predicted molar refractivity (Wildman–Crippen MR) is 43.6 cm³/mol. The van der Waals surface area contributed by atoms with Gasteiger partial charge in [-0.25, -0.2) is 8.78 Å². The van der Waals surface area contributed by atoms with E-state index in [1.165, 1.54) is 0 Å². The Morgan fingerprint density at radius 1 is 1.38 bits per heavy atom. The van der Waals surface area contributed by atoms with Gasteiger partial charge in [0.1, 0.15) is 5.69 Å². The minimum Gasteiger partial charge on any atom is -0.482 e. The molecule has 0 aliphatic heterocycles. The number of alkyl halides is 5. The number of halogens is 5. The van der Waals surface area contributed by atoms with E-state index in [2.05, 4.69) is 4.74 Å². The minimum atomic E-state index is -5.07. The van der Waals surface area contributed by atoms with Gasteiger partial charge in [-0.15, -0.1) is 0 Å². The summed E-state index contributed by atoms with van der Waals surface area (Å²) in [6.07, 6.45) is -8.58. The highest BCUT2D eigenvalue weighted by Crippen LogP contribution is 2.34. The van der Waals surface area contributed by atoms with Crippen molar-refractivity contribution < 1.29 is 26.7 Å². The number of aromatic amines is 1. The van der Waals surface area contributed by atoms with Crippen molar-refractivity contribution in [2.75, 3.05) is 7.11 Å². The maximum absolute atomic E-state index is 12.3. The van der Waals surface area contributed by atoms with Crippen molar-refractivity contribution in [2.24, 2.45) is 0 Å². The quantitative estimate of drug-likeness (QED) is 0.810. The summed E-state index contributed by atoms with van der Waals surface area (Å²) in [6, 6.07) is 0.538. The van der Waals surface area contributed by atoms with E-state index in [9.17, 15) is 26.7 Å². The number of nitrogens with one attached hydrogen (secondary N) is 1. The van der Waals surface area contributed by atoms with Gasteiger partial charge in [-0.3, -0.25) is 4.79 Å². The summed E-state index contributed by atoms with van der Waals surface area (Å²) in [6.45, 7) is 0. The van der Waals surface area contributed by atoms with Gasteiger partial charge in [-0.2, -0.15) is 13.2 Å². The summed E-state index contributed by atoms with van der Waals surface area (Å²) in [5.74, 6) is -0.526. The number of hydrogen-bond donors (Lipinski definition) is 1. The maximum atomic E-state index is 12.3. The molecule has 0 aliphatic carbocycles. The van der Waals surface area contributed by atoms with Crippen molar-refractivity contribution in [1.29, 1.82) is 0 Å². The first-order valence-corrected chi connectivity index (χ1v) is 3.94. The molecular weight excluding hydrogens is 237 g/mol. The number of aromatic nitrogens is 1. The normalized spacial score (nSPS) is 11.9. The van der Waals surface area contributed by atoms with Crippen molar-refractivity contribution in [1.82, 2.24) is 4.98 Å². The third-order valence-corrected chi connectivity index (χ3v) is 1.77. The van der Waals surface area contributed by atoms with Crippen LogP contribution in [-0.2, 0) is 6.18 Å². The average molecular weight is 243 g/mol. The summed E-state index contributed by atoms with van der Waals surface area (Å²) in [5, 5.41) is 0. The molecule has 0 saturated heterocycles. The summed E-state index contributed by atoms with van der Waals surface area (Å²) < 4.78 is 66.0. The van der Waals surface area contributed by atoms with Crippen LogP contribution in [0.25, 0.3) is 0 Å². The van der Waals surface area contributed by atoms with Crippen LogP contribution in [-0.4, -0.2) is 12.1 Å². The van der Waals surface area contributed by atoms with Gasteiger partial charge in [0, 0.05) is 6.07 Å². The predicted octanol–water partition coefficient (Wildman–Crippen LogP) is 2.34. The Morgan fingerprint density at radius 3 is 2.31 bits per heavy atom. The van der Waals surface area contributed by atoms with Crippen LogP contribution in [0.1, 0.15) is 17.7 Å². The highest BCUT2D eigenvalue weighted by Gasteiger charge is 2.38. The van der Waals surface area contributed by atoms with E-state index in [0.29, 0.717) is 6.07 Å². The molecule has 0 atom stereocenters. The molecule has 1 rings (SSSR count). The number of ether oxygens (including phenoxy) is 1. The Balaban J connectivity index is 3.54. The van der Waals surface area contributed by atoms with Crippen LogP contribution in [0.3, 0.4) is 0 Å². The van der Waals surface area contributed by atoms with Crippen LogP contribution < -0.4 is 10.2 Å². The van der Waals surface area contributed by atoms with Gasteiger partial charge in [-0.05, 0) is 0 Å². The zero-order chi connectivity index (χ0) is 12.5. The second-order valence-electron chi connectivity index (χ2n) is 2.79. The molecule has 1 aromatic rings. The molecule has 90 valence electrons. The van der Waals surface area contributed by atoms with Crippen molar-refractivity contribution in [3.63, 3.8) is 0 Å². The second kappa shape index (κ2) is 4.11. The monoisotopic (exact) mass is 243 g/mol. The average Bonchev–Trinajstić information content (AvgIpc) is 2.14. The smallest absolute Gasteiger partial charge is 0.431 e. The van der Waals surface area contributed by atoms with E-state index in [1.807, 2.05) is 0 Å². The van der Waals surface area contributed by atoms with E-state index in [-0.39, 0.29) is 0 Å². The highest BCUT2D eigenvalue weighted by atomic mass is 19.4. The zero-order valence-corrected chi connectivity index (χ0v) is 7.86. The lowest BCUT2D eigenvalue weighted by molar-refractivity contribution is -0.143. The molecule has 0 fully saturated rings. The van der Waals surface area contributed by atoms with Crippen LogP contribution in [0.4, 0.5) is 22.0 Å². The van der Waals surface area contributed by atoms with E-state index in [0.717, 1.165) is 7.11 Å². The fourth-order valence-corrected chi connectivity index (χ4v) is 1.10.